The molecule has 0 spiro atoms. The van der Waals surface area contributed by atoms with Gasteiger partial charge in [0.2, 0.25) is 5.95 Å². The van der Waals surface area contributed by atoms with E-state index in [1.807, 2.05) is 12.4 Å². The van der Waals surface area contributed by atoms with Crippen LogP contribution in [0.4, 0.5) is 14.7 Å². The highest BCUT2D eigenvalue weighted by Crippen LogP contribution is 2.29. The van der Waals surface area contributed by atoms with E-state index in [-0.39, 0.29) is 23.8 Å². The number of anilines is 1. The van der Waals surface area contributed by atoms with E-state index >= 15 is 0 Å². The molecule has 1 aromatic carbocycles. The Morgan fingerprint density at radius 1 is 1.06 bits per heavy atom. The molecule has 162 valence electrons. The number of H-pyrrole nitrogens is 1. The minimum Gasteiger partial charge on any atom is -0.487 e. The molecule has 4 rings (SSSR count). The number of rotatable bonds is 6. The molecule has 0 unspecified atom stereocenters. The Balaban J connectivity index is 1.35. The van der Waals surface area contributed by atoms with Gasteiger partial charge in [0, 0.05) is 43.4 Å². The Morgan fingerprint density at radius 3 is 2.32 bits per heavy atom. The van der Waals surface area contributed by atoms with E-state index in [2.05, 4.69) is 31.8 Å². The van der Waals surface area contributed by atoms with Gasteiger partial charge in [-0.15, -0.1) is 0 Å². The lowest BCUT2D eigenvalue weighted by atomic mass is 9.98. The Bertz CT molecular complexity index is 1050. The third-order valence-electron chi connectivity index (χ3n) is 5.46. The summed E-state index contributed by atoms with van der Waals surface area (Å²) in [5.74, 6) is -1.07. The maximum atomic E-state index is 14.5. The fourth-order valence-electron chi connectivity index (χ4n) is 3.56. The number of aryl methyl sites for hydroxylation is 1. The van der Waals surface area contributed by atoms with Gasteiger partial charge in [0.25, 0.3) is 0 Å². The maximum Gasteiger partial charge on any atom is 0.344 e. The number of piperidine rings is 1. The van der Waals surface area contributed by atoms with Crippen LogP contribution in [0.3, 0.4) is 0 Å². The molecule has 1 aliphatic rings. The Hall–Kier alpha value is -3.36. The molecule has 0 amide bonds. The van der Waals surface area contributed by atoms with Crippen LogP contribution in [0, 0.1) is 17.6 Å². The molecule has 31 heavy (non-hydrogen) atoms. The van der Waals surface area contributed by atoms with Gasteiger partial charge < -0.3 is 14.6 Å². The third-order valence-corrected chi connectivity index (χ3v) is 5.46. The van der Waals surface area contributed by atoms with Crippen LogP contribution >= 0.6 is 0 Å². The SMILES string of the molecule is CCc1cnc(N2CCC(COc3c(F)cc(-c4cnc(=O)[nH]c4)cc3F)CC2)nc1. The number of nitrogens with one attached hydrogen (secondary N) is 1. The Kier molecular flexibility index (Phi) is 6.20. The quantitative estimate of drug-likeness (QED) is 0.650. The summed E-state index contributed by atoms with van der Waals surface area (Å²) in [6.45, 7) is 3.83. The fraction of sp³-hybridized carbons (Fsp3) is 0.364. The maximum absolute atomic E-state index is 14.5. The number of hydrogen-bond acceptors (Lipinski definition) is 6. The van der Waals surface area contributed by atoms with Gasteiger partial charge in [0.15, 0.2) is 17.4 Å². The second-order valence-electron chi connectivity index (χ2n) is 7.56. The lowest BCUT2D eigenvalue weighted by Gasteiger charge is -2.31. The molecule has 9 heteroatoms. The number of hydrogen-bond donors (Lipinski definition) is 1. The van der Waals surface area contributed by atoms with Crippen molar-refractivity contribution in [3.63, 3.8) is 0 Å². The monoisotopic (exact) mass is 427 g/mol. The molecule has 0 atom stereocenters. The van der Waals surface area contributed by atoms with Crippen LogP contribution < -0.4 is 15.3 Å². The van der Waals surface area contributed by atoms with Crippen LogP contribution in [-0.4, -0.2) is 39.6 Å². The highest BCUT2D eigenvalue weighted by molar-refractivity contribution is 5.62. The predicted molar refractivity (Wildman–Crippen MR) is 112 cm³/mol. The van der Waals surface area contributed by atoms with E-state index < -0.39 is 17.3 Å². The molecule has 1 saturated heterocycles. The van der Waals surface area contributed by atoms with Gasteiger partial charge in [-0.05, 0) is 48.4 Å². The molecule has 0 aliphatic carbocycles. The van der Waals surface area contributed by atoms with Crippen LogP contribution in [0.15, 0.2) is 41.7 Å². The molecular weight excluding hydrogens is 404 g/mol. The molecule has 0 radical (unpaired) electrons. The molecule has 1 N–H and O–H groups in total. The van der Waals surface area contributed by atoms with Crippen molar-refractivity contribution in [1.29, 1.82) is 0 Å². The van der Waals surface area contributed by atoms with Crippen LogP contribution in [0.5, 0.6) is 5.75 Å². The minimum atomic E-state index is -0.789. The Labute approximate surface area is 178 Å². The van der Waals surface area contributed by atoms with Gasteiger partial charge in [0.1, 0.15) is 0 Å². The van der Waals surface area contributed by atoms with E-state index in [1.54, 1.807) is 0 Å². The average Bonchev–Trinajstić information content (AvgIpc) is 2.79. The minimum absolute atomic E-state index is 0.188. The zero-order valence-corrected chi connectivity index (χ0v) is 17.1. The van der Waals surface area contributed by atoms with Gasteiger partial charge in [-0.25, -0.2) is 28.5 Å². The van der Waals surface area contributed by atoms with E-state index in [0.717, 1.165) is 37.9 Å². The van der Waals surface area contributed by atoms with Crippen LogP contribution in [0.2, 0.25) is 0 Å². The van der Waals surface area contributed by atoms with Crippen molar-refractivity contribution in [3.05, 3.63) is 64.6 Å². The lowest BCUT2D eigenvalue weighted by Crippen LogP contribution is -2.36. The first kappa shape index (κ1) is 20.9. The van der Waals surface area contributed by atoms with Crippen molar-refractivity contribution < 1.29 is 13.5 Å². The topological polar surface area (TPSA) is 84.0 Å². The predicted octanol–water partition coefficient (Wildman–Crippen LogP) is 3.36. The number of ether oxygens (including phenoxy) is 1. The molecule has 1 aliphatic heterocycles. The van der Waals surface area contributed by atoms with Gasteiger partial charge in [-0.2, -0.15) is 0 Å². The Morgan fingerprint density at radius 2 is 1.74 bits per heavy atom. The normalized spacial score (nSPS) is 14.6. The van der Waals surface area contributed by atoms with Crippen LogP contribution in [-0.2, 0) is 6.42 Å². The first-order chi connectivity index (χ1) is 15.0. The fourth-order valence-corrected chi connectivity index (χ4v) is 3.56. The molecule has 0 bridgehead atoms. The average molecular weight is 427 g/mol. The lowest BCUT2D eigenvalue weighted by molar-refractivity contribution is 0.207. The van der Waals surface area contributed by atoms with Crippen LogP contribution in [0.1, 0.15) is 25.3 Å². The van der Waals surface area contributed by atoms with Crippen molar-refractivity contribution in [2.75, 3.05) is 24.6 Å². The summed E-state index contributed by atoms with van der Waals surface area (Å²) >= 11 is 0. The van der Waals surface area contributed by atoms with Crippen molar-refractivity contribution in [2.45, 2.75) is 26.2 Å². The third kappa shape index (κ3) is 4.87. The summed E-state index contributed by atoms with van der Waals surface area (Å²) in [6, 6.07) is 2.35. The van der Waals surface area contributed by atoms with E-state index in [4.69, 9.17) is 4.74 Å². The highest BCUT2D eigenvalue weighted by Gasteiger charge is 2.23. The van der Waals surface area contributed by atoms with Gasteiger partial charge in [0.05, 0.1) is 6.61 Å². The second-order valence-corrected chi connectivity index (χ2v) is 7.56. The largest absolute Gasteiger partial charge is 0.487 e. The first-order valence-electron chi connectivity index (χ1n) is 10.3. The van der Waals surface area contributed by atoms with Crippen LogP contribution in [0.25, 0.3) is 11.1 Å². The second kappa shape index (κ2) is 9.20. The summed E-state index contributed by atoms with van der Waals surface area (Å²) < 4.78 is 34.5. The number of aromatic nitrogens is 4. The highest BCUT2D eigenvalue weighted by atomic mass is 19.1. The molecule has 3 heterocycles. The standard InChI is InChI=1S/C22H23F2N5O2/c1-2-14-9-25-21(26-10-14)29-5-3-15(4-6-29)13-31-20-18(23)7-16(8-19(20)24)17-11-27-22(30)28-12-17/h7-12,15H,2-6,13H2,1H3,(H,27,28,30). The summed E-state index contributed by atoms with van der Waals surface area (Å²) in [5, 5.41) is 0. The number of nitrogens with zero attached hydrogens (tertiary/aromatic N) is 4. The number of halogens is 2. The first-order valence-corrected chi connectivity index (χ1v) is 10.3. The zero-order chi connectivity index (χ0) is 21.8. The van der Waals surface area contributed by atoms with Crippen molar-refractivity contribution >= 4 is 5.95 Å². The van der Waals surface area contributed by atoms with Crippen molar-refractivity contribution in [1.82, 2.24) is 19.9 Å². The summed E-state index contributed by atoms with van der Waals surface area (Å²) in [7, 11) is 0. The smallest absolute Gasteiger partial charge is 0.344 e. The molecule has 1 fully saturated rings. The van der Waals surface area contributed by atoms with Gasteiger partial charge in [-0.1, -0.05) is 6.92 Å². The summed E-state index contributed by atoms with van der Waals surface area (Å²) in [4.78, 5) is 28.0. The summed E-state index contributed by atoms with van der Waals surface area (Å²) in [5.41, 5.74) is 1.25. The molecule has 2 aromatic heterocycles. The summed E-state index contributed by atoms with van der Waals surface area (Å²) in [6.07, 6.45) is 8.85. The molecule has 7 nitrogen and oxygen atoms in total. The van der Waals surface area contributed by atoms with E-state index in [9.17, 15) is 13.6 Å². The zero-order valence-electron chi connectivity index (χ0n) is 17.1. The van der Waals surface area contributed by atoms with E-state index in [0.29, 0.717) is 11.5 Å². The van der Waals surface area contributed by atoms with Gasteiger partial charge >= 0.3 is 5.69 Å². The number of aromatic amines is 1. The molecular formula is C22H23F2N5O2. The van der Waals surface area contributed by atoms with Crippen molar-refractivity contribution in [2.24, 2.45) is 5.92 Å². The van der Waals surface area contributed by atoms with Gasteiger partial charge in [-0.3, -0.25) is 0 Å². The molecule has 3 aromatic rings. The van der Waals surface area contributed by atoms with Crippen molar-refractivity contribution in [3.8, 4) is 16.9 Å². The number of benzene rings is 1. The molecule has 0 saturated carbocycles. The van der Waals surface area contributed by atoms with E-state index in [1.165, 1.54) is 24.5 Å².